The van der Waals surface area contributed by atoms with E-state index in [4.69, 9.17) is 4.52 Å². The van der Waals surface area contributed by atoms with E-state index in [1.165, 1.54) is 11.3 Å². The van der Waals surface area contributed by atoms with Gasteiger partial charge < -0.3 is 4.52 Å². The minimum atomic E-state index is -0.316. The van der Waals surface area contributed by atoms with Gasteiger partial charge in [0, 0.05) is 23.1 Å². The summed E-state index contributed by atoms with van der Waals surface area (Å²) in [7, 11) is 0. The van der Waals surface area contributed by atoms with Gasteiger partial charge in [-0.2, -0.15) is 4.98 Å². The van der Waals surface area contributed by atoms with Crippen LogP contribution in [0.1, 0.15) is 34.7 Å². The number of anilines is 1. The largest absolute Gasteiger partial charge is 0.339 e. The Morgan fingerprint density at radius 1 is 1.22 bits per heavy atom. The molecule has 0 unspecified atom stereocenters. The van der Waals surface area contributed by atoms with Crippen LogP contribution >= 0.6 is 11.3 Å². The van der Waals surface area contributed by atoms with E-state index in [0.29, 0.717) is 34.5 Å². The Hall–Kier alpha value is -2.61. The highest BCUT2D eigenvalue weighted by Gasteiger charge is 2.15. The van der Waals surface area contributed by atoms with Gasteiger partial charge in [-0.3, -0.25) is 10.1 Å². The standard InChI is InChI=1S/C15H15N5O2S/c1-4-12-18-13(20-22-12)10-5-8(2)16-11(6-10)14(21)19-15-17-9(3)7-23-15/h5-7H,4H2,1-3H3,(H,17,19,21). The van der Waals surface area contributed by atoms with Gasteiger partial charge in [-0.1, -0.05) is 12.1 Å². The van der Waals surface area contributed by atoms with Crippen molar-refractivity contribution in [2.24, 2.45) is 0 Å². The summed E-state index contributed by atoms with van der Waals surface area (Å²) in [5.74, 6) is 0.689. The maximum absolute atomic E-state index is 12.3. The molecule has 0 atom stereocenters. The normalized spacial score (nSPS) is 10.7. The van der Waals surface area contributed by atoms with Gasteiger partial charge in [0.2, 0.25) is 11.7 Å². The maximum atomic E-state index is 12.3. The zero-order valence-corrected chi connectivity index (χ0v) is 13.8. The number of rotatable bonds is 4. The number of carbonyl (C=O) groups excluding carboxylic acids is 1. The van der Waals surface area contributed by atoms with E-state index in [2.05, 4.69) is 25.4 Å². The predicted molar refractivity (Wildman–Crippen MR) is 86.4 cm³/mol. The fraction of sp³-hybridized carbons (Fsp3) is 0.267. The Balaban J connectivity index is 1.89. The molecule has 0 aliphatic heterocycles. The summed E-state index contributed by atoms with van der Waals surface area (Å²) in [5, 5.41) is 9.09. The van der Waals surface area contributed by atoms with Crippen molar-refractivity contribution in [1.29, 1.82) is 0 Å². The van der Waals surface area contributed by atoms with Crippen molar-refractivity contribution in [1.82, 2.24) is 20.1 Å². The number of hydrogen-bond donors (Lipinski definition) is 1. The lowest BCUT2D eigenvalue weighted by molar-refractivity contribution is 0.102. The van der Waals surface area contributed by atoms with Crippen LogP contribution < -0.4 is 5.32 Å². The molecule has 1 amide bonds. The van der Waals surface area contributed by atoms with Gasteiger partial charge >= 0.3 is 0 Å². The third-order valence-electron chi connectivity index (χ3n) is 3.05. The molecule has 0 radical (unpaired) electrons. The lowest BCUT2D eigenvalue weighted by atomic mass is 10.2. The van der Waals surface area contributed by atoms with Gasteiger partial charge in [-0.25, -0.2) is 9.97 Å². The van der Waals surface area contributed by atoms with Crippen LogP contribution in [-0.4, -0.2) is 26.0 Å². The fourth-order valence-corrected chi connectivity index (χ4v) is 2.69. The molecule has 118 valence electrons. The minimum Gasteiger partial charge on any atom is -0.339 e. The van der Waals surface area contributed by atoms with Crippen LogP contribution in [0.3, 0.4) is 0 Å². The highest BCUT2D eigenvalue weighted by Crippen LogP contribution is 2.20. The lowest BCUT2D eigenvalue weighted by Crippen LogP contribution is -2.14. The van der Waals surface area contributed by atoms with Gasteiger partial charge in [0.05, 0.1) is 5.69 Å². The van der Waals surface area contributed by atoms with Gasteiger partial charge in [-0.05, 0) is 26.0 Å². The number of pyridine rings is 1. The molecule has 0 aliphatic rings. The van der Waals surface area contributed by atoms with Crippen molar-refractivity contribution in [2.75, 3.05) is 5.32 Å². The van der Waals surface area contributed by atoms with Gasteiger partial charge in [0.1, 0.15) is 5.69 Å². The Morgan fingerprint density at radius 3 is 2.70 bits per heavy atom. The summed E-state index contributed by atoms with van der Waals surface area (Å²) in [6, 6.07) is 3.46. The fourth-order valence-electron chi connectivity index (χ4n) is 2.00. The van der Waals surface area contributed by atoms with E-state index in [-0.39, 0.29) is 11.6 Å². The zero-order valence-electron chi connectivity index (χ0n) is 13.0. The van der Waals surface area contributed by atoms with Crippen LogP contribution in [0.5, 0.6) is 0 Å². The predicted octanol–water partition coefficient (Wildman–Crippen LogP) is 3.02. The second-order valence-corrected chi connectivity index (χ2v) is 5.85. The lowest BCUT2D eigenvalue weighted by Gasteiger charge is -2.04. The Morgan fingerprint density at radius 2 is 2.04 bits per heavy atom. The molecule has 0 saturated carbocycles. The molecule has 0 spiro atoms. The second-order valence-electron chi connectivity index (χ2n) is 5.00. The number of nitrogens with one attached hydrogen (secondary N) is 1. The first-order chi connectivity index (χ1) is 11.0. The molecular formula is C15H15N5O2S. The minimum absolute atomic E-state index is 0.288. The molecule has 0 saturated heterocycles. The molecule has 23 heavy (non-hydrogen) atoms. The molecule has 1 N–H and O–H groups in total. The van der Waals surface area contributed by atoms with Gasteiger partial charge in [-0.15, -0.1) is 11.3 Å². The summed E-state index contributed by atoms with van der Waals surface area (Å²) in [6.45, 7) is 5.62. The second kappa shape index (κ2) is 6.25. The van der Waals surface area contributed by atoms with Crippen LogP contribution in [0.4, 0.5) is 5.13 Å². The van der Waals surface area contributed by atoms with E-state index >= 15 is 0 Å². The van der Waals surface area contributed by atoms with Crippen molar-refractivity contribution in [3.8, 4) is 11.4 Å². The molecular weight excluding hydrogens is 314 g/mol. The molecule has 3 aromatic heterocycles. The van der Waals surface area contributed by atoms with Crippen molar-refractivity contribution < 1.29 is 9.32 Å². The van der Waals surface area contributed by atoms with Crippen LogP contribution in [-0.2, 0) is 6.42 Å². The number of carbonyl (C=O) groups is 1. The molecule has 0 bridgehead atoms. The Bertz CT molecular complexity index is 855. The summed E-state index contributed by atoms with van der Waals surface area (Å²) in [6.07, 6.45) is 0.661. The average Bonchev–Trinajstić information content (AvgIpc) is 3.15. The monoisotopic (exact) mass is 329 g/mol. The van der Waals surface area contributed by atoms with Crippen LogP contribution in [0.15, 0.2) is 22.0 Å². The van der Waals surface area contributed by atoms with E-state index in [1.54, 1.807) is 6.07 Å². The van der Waals surface area contributed by atoms with Crippen molar-refractivity contribution in [3.63, 3.8) is 0 Å². The number of nitrogens with zero attached hydrogens (tertiary/aromatic N) is 4. The number of thiazole rings is 1. The van der Waals surface area contributed by atoms with E-state index < -0.39 is 0 Å². The Kier molecular flexibility index (Phi) is 4.16. The first-order valence-electron chi connectivity index (χ1n) is 7.10. The summed E-state index contributed by atoms with van der Waals surface area (Å²) >= 11 is 1.37. The smallest absolute Gasteiger partial charge is 0.276 e. The van der Waals surface area contributed by atoms with Gasteiger partial charge in [0.25, 0.3) is 5.91 Å². The van der Waals surface area contributed by atoms with Crippen LogP contribution in [0.25, 0.3) is 11.4 Å². The molecule has 3 rings (SSSR count). The van der Waals surface area contributed by atoms with E-state index in [9.17, 15) is 4.79 Å². The molecule has 3 aromatic rings. The molecule has 3 heterocycles. The first-order valence-corrected chi connectivity index (χ1v) is 7.98. The van der Waals surface area contributed by atoms with Crippen molar-refractivity contribution in [2.45, 2.75) is 27.2 Å². The van der Waals surface area contributed by atoms with Crippen molar-refractivity contribution in [3.05, 3.63) is 40.5 Å². The first kappa shape index (κ1) is 15.3. The van der Waals surface area contributed by atoms with E-state index in [0.717, 1.165) is 5.69 Å². The average molecular weight is 329 g/mol. The van der Waals surface area contributed by atoms with Crippen LogP contribution in [0, 0.1) is 13.8 Å². The number of aryl methyl sites for hydroxylation is 3. The highest BCUT2D eigenvalue weighted by atomic mass is 32.1. The zero-order chi connectivity index (χ0) is 16.4. The van der Waals surface area contributed by atoms with Gasteiger partial charge in [0.15, 0.2) is 5.13 Å². The Labute approximate surface area is 136 Å². The molecule has 7 nitrogen and oxygen atoms in total. The molecule has 8 heteroatoms. The topological polar surface area (TPSA) is 93.8 Å². The van der Waals surface area contributed by atoms with Crippen molar-refractivity contribution >= 4 is 22.4 Å². The molecule has 0 fully saturated rings. The highest BCUT2D eigenvalue weighted by molar-refractivity contribution is 7.13. The number of hydrogen-bond acceptors (Lipinski definition) is 7. The molecule has 0 aromatic carbocycles. The third-order valence-corrected chi connectivity index (χ3v) is 3.93. The summed E-state index contributed by atoms with van der Waals surface area (Å²) < 4.78 is 5.12. The summed E-state index contributed by atoms with van der Waals surface area (Å²) in [5.41, 5.74) is 2.55. The third kappa shape index (κ3) is 3.42. The SMILES string of the molecule is CCc1nc(-c2cc(C)nc(C(=O)Nc3nc(C)cs3)c2)no1. The number of amides is 1. The molecule has 0 aliphatic carbocycles. The van der Waals surface area contributed by atoms with Crippen LogP contribution in [0.2, 0.25) is 0 Å². The number of aromatic nitrogens is 4. The van der Waals surface area contributed by atoms with E-state index in [1.807, 2.05) is 32.2 Å². The maximum Gasteiger partial charge on any atom is 0.276 e. The quantitative estimate of drug-likeness (QED) is 0.790. The summed E-state index contributed by atoms with van der Waals surface area (Å²) in [4.78, 5) is 25.1.